The van der Waals surface area contributed by atoms with Crippen molar-refractivity contribution in [2.24, 2.45) is 0 Å². The second-order valence-corrected chi connectivity index (χ2v) is 7.14. The standard InChI is InChI=1S/C16H16N4O4S/c1-16(2,3)24-15(23)19-14-18-11(8-25-14)9-4-5-12-17-10(13(21)22)7-20(12)6-9/h4-8H,1-3H3,(H,21,22)(H,18,19,23). The Morgan fingerprint density at radius 1 is 1.24 bits per heavy atom. The summed E-state index contributed by atoms with van der Waals surface area (Å²) in [5.74, 6) is -1.08. The number of hydrogen-bond acceptors (Lipinski definition) is 6. The third-order valence-electron chi connectivity index (χ3n) is 3.08. The van der Waals surface area contributed by atoms with Gasteiger partial charge in [0.2, 0.25) is 0 Å². The molecule has 0 saturated carbocycles. The zero-order chi connectivity index (χ0) is 18.2. The first kappa shape index (κ1) is 16.9. The Bertz CT molecular complexity index is 955. The highest BCUT2D eigenvalue weighted by molar-refractivity contribution is 7.14. The fourth-order valence-electron chi connectivity index (χ4n) is 2.10. The molecule has 3 aromatic heterocycles. The van der Waals surface area contributed by atoms with Gasteiger partial charge >= 0.3 is 12.1 Å². The van der Waals surface area contributed by atoms with Crippen molar-refractivity contribution in [3.63, 3.8) is 0 Å². The first-order valence-electron chi connectivity index (χ1n) is 7.39. The summed E-state index contributed by atoms with van der Waals surface area (Å²) in [5.41, 5.74) is 1.35. The molecule has 1 amide bonds. The summed E-state index contributed by atoms with van der Waals surface area (Å²) in [6.07, 6.45) is 2.61. The van der Waals surface area contributed by atoms with Crippen LogP contribution in [-0.2, 0) is 4.74 Å². The summed E-state index contributed by atoms with van der Waals surface area (Å²) < 4.78 is 6.81. The van der Waals surface area contributed by atoms with E-state index >= 15 is 0 Å². The smallest absolute Gasteiger partial charge is 0.413 e. The molecule has 0 fully saturated rings. The van der Waals surface area contributed by atoms with Crippen LogP contribution in [0.15, 0.2) is 29.9 Å². The van der Waals surface area contributed by atoms with Crippen LogP contribution < -0.4 is 5.32 Å². The summed E-state index contributed by atoms with van der Waals surface area (Å²) in [7, 11) is 0. The number of carbonyl (C=O) groups is 2. The molecule has 0 aromatic carbocycles. The van der Waals surface area contributed by atoms with E-state index in [2.05, 4.69) is 15.3 Å². The number of fused-ring (bicyclic) bond motifs is 1. The number of anilines is 1. The van der Waals surface area contributed by atoms with Crippen LogP contribution in [0.5, 0.6) is 0 Å². The number of carboxylic acid groups (broad SMARTS) is 1. The van der Waals surface area contributed by atoms with Gasteiger partial charge in [0.25, 0.3) is 0 Å². The number of nitrogens with one attached hydrogen (secondary N) is 1. The molecule has 0 radical (unpaired) electrons. The zero-order valence-electron chi connectivity index (χ0n) is 13.8. The van der Waals surface area contributed by atoms with Crippen molar-refractivity contribution in [3.05, 3.63) is 35.6 Å². The second kappa shape index (κ2) is 6.17. The highest BCUT2D eigenvalue weighted by Crippen LogP contribution is 2.25. The maximum atomic E-state index is 11.8. The van der Waals surface area contributed by atoms with Gasteiger partial charge in [0.1, 0.15) is 11.2 Å². The van der Waals surface area contributed by atoms with Crippen molar-refractivity contribution in [2.75, 3.05) is 5.32 Å². The molecular formula is C16H16N4O4S. The molecule has 0 aliphatic rings. The summed E-state index contributed by atoms with van der Waals surface area (Å²) >= 11 is 1.27. The van der Waals surface area contributed by atoms with E-state index in [1.54, 1.807) is 48.9 Å². The van der Waals surface area contributed by atoms with Crippen LogP contribution in [0.3, 0.4) is 0 Å². The molecule has 0 saturated heterocycles. The highest BCUT2D eigenvalue weighted by atomic mass is 32.1. The number of thiazole rings is 1. The second-order valence-electron chi connectivity index (χ2n) is 6.28. The molecule has 0 aliphatic carbocycles. The Balaban J connectivity index is 1.81. The number of hydrogen-bond donors (Lipinski definition) is 2. The quantitative estimate of drug-likeness (QED) is 0.740. The van der Waals surface area contributed by atoms with E-state index in [9.17, 15) is 9.59 Å². The fraction of sp³-hybridized carbons (Fsp3) is 0.250. The van der Waals surface area contributed by atoms with E-state index in [1.165, 1.54) is 17.5 Å². The molecule has 0 atom stereocenters. The predicted octanol–water partition coefficient (Wildman–Crippen LogP) is 3.50. The SMILES string of the molecule is CC(C)(C)OC(=O)Nc1nc(-c2ccc3nc(C(=O)O)cn3c2)cs1. The van der Waals surface area contributed by atoms with Crippen molar-refractivity contribution < 1.29 is 19.4 Å². The van der Waals surface area contributed by atoms with Gasteiger partial charge in [-0.2, -0.15) is 0 Å². The predicted molar refractivity (Wildman–Crippen MR) is 93.1 cm³/mol. The first-order chi connectivity index (χ1) is 11.7. The zero-order valence-corrected chi connectivity index (χ0v) is 14.6. The van der Waals surface area contributed by atoms with Gasteiger partial charge in [0.15, 0.2) is 10.8 Å². The first-order valence-corrected chi connectivity index (χ1v) is 8.27. The lowest BCUT2D eigenvalue weighted by Crippen LogP contribution is -2.27. The van der Waals surface area contributed by atoms with Gasteiger partial charge in [0, 0.05) is 23.3 Å². The normalized spacial score (nSPS) is 11.5. The minimum atomic E-state index is -1.08. The molecule has 9 heteroatoms. The van der Waals surface area contributed by atoms with Crippen LogP contribution in [0.2, 0.25) is 0 Å². The van der Waals surface area contributed by atoms with E-state index in [0.29, 0.717) is 16.5 Å². The number of carbonyl (C=O) groups excluding carboxylic acids is 1. The Labute approximate surface area is 147 Å². The monoisotopic (exact) mass is 360 g/mol. The van der Waals surface area contributed by atoms with E-state index in [1.807, 2.05) is 0 Å². The summed E-state index contributed by atoms with van der Waals surface area (Å²) in [4.78, 5) is 31.1. The number of nitrogens with zero attached hydrogens (tertiary/aromatic N) is 3. The Morgan fingerprint density at radius 2 is 2.00 bits per heavy atom. The van der Waals surface area contributed by atoms with E-state index in [0.717, 1.165) is 5.56 Å². The number of rotatable bonds is 3. The lowest BCUT2D eigenvalue weighted by atomic mass is 10.2. The molecular weight excluding hydrogens is 344 g/mol. The van der Waals surface area contributed by atoms with Crippen LogP contribution in [0.1, 0.15) is 31.3 Å². The van der Waals surface area contributed by atoms with Crippen molar-refractivity contribution in [1.29, 1.82) is 0 Å². The topological polar surface area (TPSA) is 106 Å². The van der Waals surface area contributed by atoms with E-state index in [-0.39, 0.29) is 5.69 Å². The molecule has 0 aliphatic heterocycles. The third-order valence-corrected chi connectivity index (χ3v) is 3.84. The Morgan fingerprint density at radius 3 is 2.68 bits per heavy atom. The van der Waals surface area contributed by atoms with Gasteiger partial charge in [-0.05, 0) is 32.9 Å². The minimum absolute atomic E-state index is 0.0253. The number of pyridine rings is 1. The summed E-state index contributed by atoms with van der Waals surface area (Å²) in [6.45, 7) is 5.35. The Kier molecular flexibility index (Phi) is 4.17. The molecule has 0 spiro atoms. The fourth-order valence-corrected chi connectivity index (χ4v) is 2.81. The van der Waals surface area contributed by atoms with Crippen molar-refractivity contribution >= 4 is 34.2 Å². The minimum Gasteiger partial charge on any atom is -0.476 e. The van der Waals surface area contributed by atoms with Gasteiger partial charge in [-0.25, -0.2) is 19.6 Å². The molecule has 2 N–H and O–H groups in total. The number of aromatic carboxylic acids is 1. The maximum absolute atomic E-state index is 11.8. The molecule has 25 heavy (non-hydrogen) atoms. The number of imidazole rings is 1. The van der Waals surface area contributed by atoms with E-state index in [4.69, 9.17) is 9.84 Å². The molecule has 3 heterocycles. The summed E-state index contributed by atoms with van der Waals surface area (Å²) in [6, 6.07) is 3.50. The third kappa shape index (κ3) is 3.94. The number of aromatic nitrogens is 3. The maximum Gasteiger partial charge on any atom is 0.413 e. The van der Waals surface area contributed by atoms with Crippen molar-refractivity contribution in [1.82, 2.24) is 14.4 Å². The molecule has 3 rings (SSSR count). The molecule has 8 nitrogen and oxygen atoms in total. The largest absolute Gasteiger partial charge is 0.476 e. The van der Waals surface area contributed by atoms with Gasteiger partial charge in [-0.1, -0.05) is 0 Å². The van der Waals surface area contributed by atoms with Crippen molar-refractivity contribution in [2.45, 2.75) is 26.4 Å². The number of carboxylic acids is 1. The van der Waals surface area contributed by atoms with Gasteiger partial charge in [0.05, 0.1) is 5.69 Å². The molecule has 130 valence electrons. The molecule has 0 unspecified atom stereocenters. The van der Waals surface area contributed by atoms with Gasteiger partial charge < -0.3 is 14.2 Å². The van der Waals surface area contributed by atoms with Crippen LogP contribution in [0, 0.1) is 0 Å². The average Bonchev–Trinajstić information content (AvgIpc) is 3.10. The molecule has 3 aromatic rings. The van der Waals surface area contributed by atoms with Crippen LogP contribution in [0.25, 0.3) is 16.9 Å². The van der Waals surface area contributed by atoms with Crippen molar-refractivity contribution in [3.8, 4) is 11.3 Å². The van der Waals surface area contributed by atoms with E-state index < -0.39 is 17.7 Å². The van der Waals surface area contributed by atoms with Crippen LogP contribution in [-0.4, -0.2) is 37.1 Å². The summed E-state index contributed by atoms with van der Waals surface area (Å²) in [5, 5.41) is 13.8. The van der Waals surface area contributed by atoms with Gasteiger partial charge in [-0.15, -0.1) is 11.3 Å². The Hall–Kier alpha value is -2.94. The average molecular weight is 360 g/mol. The van der Waals surface area contributed by atoms with Gasteiger partial charge in [-0.3, -0.25) is 5.32 Å². The highest BCUT2D eigenvalue weighted by Gasteiger charge is 2.17. The lowest BCUT2D eigenvalue weighted by molar-refractivity contribution is 0.0634. The molecule has 0 bridgehead atoms. The lowest BCUT2D eigenvalue weighted by Gasteiger charge is -2.18. The van der Waals surface area contributed by atoms with Crippen LogP contribution >= 0.6 is 11.3 Å². The number of ether oxygens (including phenoxy) is 1. The number of amides is 1. The van der Waals surface area contributed by atoms with Crippen LogP contribution in [0.4, 0.5) is 9.93 Å².